The topological polar surface area (TPSA) is 60.2 Å². The zero-order valence-electron chi connectivity index (χ0n) is 9.71. The quantitative estimate of drug-likeness (QED) is 0.841. The smallest absolute Gasteiger partial charge is 0.119 e. The van der Waals surface area contributed by atoms with Crippen LogP contribution in [0.3, 0.4) is 0 Å². The van der Waals surface area contributed by atoms with Crippen LogP contribution in [0.25, 0.3) is 0 Å². The van der Waals surface area contributed by atoms with E-state index in [2.05, 4.69) is 10.3 Å². The van der Waals surface area contributed by atoms with E-state index in [0.29, 0.717) is 18.8 Å². The highest BCUT2D eigenvalue weighted by atomic mass is 16.5. The summed E-state index contributed by atoms with van der Waals surface area (Å²) >= 11 is 0. The van der Waals surface area contributed by atoms with Crippen molar-refractivity contribution in [3.05, 3.63) is 41.7 Å². The van der Waals surface area contributed by atoms with Crippen LogP contribution in [0.4, 0.5) is 0 Å². The van der Waals surface area contributed by atoms with E-state index in [-0.39, 0.29) is 6.61 Å². The number of aromatic nitrogens is 3. The SMILES string of the molecule is Cc1cccc(OCCn2cc(CO)nn2)c1. The van der Waals surface area contributed by atoms with Crippen LogP contribution in [0.1, 0.15) is 11.3 Å². The Hall–Kier alpha value is -1.88. The van der Waals surface area contributed by atoms with Crippen molar-refractivity contribution in [2.75, 3.05) is 6.61 Å². The van der Waals surface area contributed by atoms with Crippen LogP contribution < -0.4 is 4.74 Å². The van der Waals surface area contributed by atoms with Crippen molar-refractivity contribution in [1.29, 1.82) is 0 Å². The highest BCUT2D eigenvalue weighted by Gasteiger charge is 1.99. The Morgan fingerprint density at radius 3 is 3.00 bits per heavy atom. The largest absolute Gasteiger partial charge is 0.492 e. The lowest BCUT2D eigenvalue weighted by molar-refractivity contribution is 0.276. The summed E-state index contributed by atoms with van der Waals surface area (Å²) in [5.74, 6) is 0.854. The Morgan fingerprint density at radius 1 is 1.41 bits per heavy atom. The molecule has 1 aromatic heterocycles. The maximum Gasteiger partial charge on any atom is 0.119 e. The molecule has 1 N–H and O–H groups in total. The summed E-state index contributed by atoms with van der Waals surface area (Å²) in [7, 11) is 0. The number of hydrogen-bond donors (Lipinski definition) is 1. The molecule has 0 aliphatic rings. The number of benzene rings is 1. The van der Waals surface area contributed by atoms with Crippen molar-refractivity contribution in [3.63, 3.8) is 0 Å². The van der Waals surface area contributed by atoms with E-state index >= 15 is 0 Å². The summed E-state index contributed by atoms with van der Waals surface area (Å²) in [6.07, 6.45) is 1.71. The molecule has 5 nitrogen and oxygen atoms in total. The summed E-state index contributed by atoms with van der Waals surface area (Å²) in [4.78, 5) is 0. The van der Waals surface area contributed by atoms with Gasteiger partial charge in [-0.3, -0.25) is 0 Å². The van der Waals surface area contributed by atoms with E-state index in [1.165, 1.54) is 5.56 Å². The molecule has 17 heavy (non-hydrogen) atoms. The first kappa shape index (κ1) is 11.6. The lowest BCUT2D eigenvalue weighted by Crippen LogP contribution is -2.08. The Morgan fingerprint density at radius 2 is 2.29 bits per heavy atom. The zero-order valence-corrected chi connectivity index (χ0v) is 9.71. The Labute approximate surface area is 99.7 Å². The molecule has 0 amide bonds. The van der Waals surface area contributed by atoms with Gasteiger partial charge in [-0.15, -0.1) is 5.10 Å². The lowest BCUT2D eigenvalue weighted by atomic mass is 10.2. The van der Waals surface area contributed by atoms with Crippen LogP contribution in [-0.2, 0) is 13.2 Å². The summed E-state index contributed by atoms with van der Waals surface area (Å²) in [5, 5.41) is 16.5. The number of rotatable bonds is 5. The van der Waals surface area contributed by atoms with Crippen LogP contribution in [0, 0.1) is 6.92 Å². The molecule has 0 unspecified atom stereocenters. The third kappa shape index (κ3) is 3.29. The van der Waals surface area contributed by atoms with E-state index < -0.39 is 0 Å². The van der Waals surface area contributed by atoms with Gasteiger partial charge < -0.3 is 9.84 Å². The number of hydrogen-bond acceptors (Lipinski definition) is 4. The average Bonchev–Trinajstić information content (AvgIpc) is 2.77. The molecule has 0 spiro atoms. The first-order chi connectivity index (χ1) is 8.28. The van der Waals surface area contributed by atoms with Crippen LogP contribution in [0.5, 0.6) is 5.75 Å². The van der Waals surface area contributed by atoms with Gasteiger partial charge in [-0.1, -0.05) is 17.3 Å². The maximum atomic E-state index is 8.84. The van der Waals surface area contributed by atoms with Crippen LogP contribution in [0.2, 0.25) is 0 Å². The van der Waals surface area contributed by atoms with Gasteiger partial charge in [0, 0.05) is 0 Å². The Bertz CT molecular complexity index is 482. The fourth-order valence-corrected chi connectivity index (χ4v) is 1.48. The monoisotopic (exact) mass is 233 g/mol. The van der Waals surface area contributed by atoms with Gasteiger partial charge in [0.25, 0.3) is 0 Å². The molecule has 90 valence electrons. The van der Waals surface area contributed by atoms with Crippen LogP contribution >= 0.6 is 0 Å². The molecule has 2 aromatic rings. The summed E-state index contributed by atoms with van der Waals surface area (Å²) in [6, 6.07) is 7.90. The van der Waals surface area contributed by atoms with E-state index in [0.717, 1.165) is 5.75 Å². The fraction of sp³-hybridized carbons (Fsp3) is 0.333. The van der Waals surface area contributed by atoms with E-state index in [1.54, 1.807) is 10.9 Å². The highest BCUT2D eigenvalue weighted by Crippen LogP contribution is 2.12. The van der Waals surface area contributed by atoms with E-state index in [9.17, 15) is 0 Å². The van der Waals surface area contributed by atoms with Gasteiger partial charge in [0.2, 0.25) is 0 Å². The minimum atomic E-state index is -0.0846. The third-order valence-electron chi connectivity index (χ3n) is 2.33. The van der Waals surface area contributed by atoms with Crippen molar-refractivity contribution in [3.8, 4) is 5.75 Å². The number of aryl methyl sites for hydroxylation is 1. The molecule has 0 saturated heterocycles. The van der Waals surface area contributed by atoms with Crippen LogP contribution in [0.15, 0.2) is 30.5 Å². The van der Waals surface area contributed by atoms with Gasteiger partial charge in [-0.25, -0.2) is 4.68 Å². The van der Waals surface area contributed by atoms with Gasteiger partial charge in [0.05, 0.1) is 19.3 Å². The average molecular weight is 233 g/mol. The molecule has 5 heteroatoms. The molecule has 1 aromatic carbocycles. The molecular weight excluding hydrogens is 218 g/mol. The van der Waals surface area contributed by atoms with E-state index in [1.807, 2.05) is 31.2 Å². The summed E-state index contributed by atoms with van der Waals surface area (Å²) in [5.41, 5.74) is 1.74. The fourth-order valence-electron chi connectivity index (χ4n) is 1.48. The number of aliphatic hydroxyl groups excluding tert-OH is 1. The molecule has 0 aliphatic carbocycles. The van der Waals surface area contributed by atoms with Crippen molar-refractivity contribution >= 4 is 0 Å². The first-order valence-electron chi connectivity index (χ1n) is 5.47. The molecule has 0 radical (unpaired) electrons. The summed E-state index contributed by atoms with van der Waals surface area (Å²) in [6.45, 7) is 3.08. The van der Waals surface area contributed by atoms with Gasteiger partial charge in [-0.05, 0) is 24.6 Å². The van der Waals surface area contributed by atoms with E-state index in [4.69, 9.17) is 9.84 Å². The second-order valence-electron chi connectivity index (χ2n) is 3.80. The number of aliphatic hydroxyl groups is 1. The lowest BCUT2D eigenvalue weighted by Gasteiger charge is -2.06. The summed E-state index contributed by atoms with van der Waals surface area (Å²) < 4.78 is 7.24. The Balaban J connectivity index is 1.83. The molecule has 0 bridgehead atoms. The first-order valence-corrected chi connectivity index (χ1v) is 5.47. The van der Waals surface area contributed by atoms with Crippen molar-refractivity contribution in [1.82, 2.24) is 15.0 Å². The second kappa shape index (κ2) is 5.45. The molecule has 0 atom stereocenters. The maximum absolute atomic E-state index is 8.84. The predicted molar refractivity (Wildman–Crippen MR) is 62.6 cm³/mol. The van der Waals surface area contributed by atoms with Gasteiger partial charge in [-0.2, -0.15) is 0 Å². The molecule has 2 rings (SSSR count). The molecule has 0 saturated carbocycles. The standard InChI is InChI=1S/C12H15N3O2/c1-10-3-2-4-12(7-10)17-6-5-15-8-11(9-16)13-14-15/h2-4,7-8,16H,5-6,9H2,1H3. The highest BCUT2D eigenvalue weighted by molar-refractivity contribution is 5.27. The minimum absolute atomic E-state index is 0.0846. The predicted octanol–water partition coefficient (Wildman–Crippen LogP) is 1.16. The third-order valence-corrected chi connectivity index (χ3v) is 2.33. The normalized spacial score (nSPS) is 10.5. The molecule has 0 fully saturated rings. The molecule has 1 heterocycles. The second-order valence-corrected chi connectivity index (χ2v) is 3.80. The van der Waals surface area contributed by atoms with Crippen molar-refractivity contribution < 1.29 is 9.84 Å². The van der Waals surface area contributed by atoms with Gasteiger partial charge in [0.15, 0.2) is 0 Å². The molecule has 0 aliphatic heterocycles. The number of ether oxygens (including phenoxy) is 1. The molecular formula is C12H15N3O2. The van der Waals surface area contributed by atoms with Crippen molar-refractivity contribution in [2.24, 2.45) is 0 Å². The van der Waals surface area contributed by atoms with Gasteiger partial charge in [0.1, 0.15) is 18.1 Å². The van der Waals surface area contributed by atoms with Crippen LogP contribution in [-0.4, -0.2) is 26.7 Å². The zero-order chi connectivity index (χ0) is 12.1. The van der Waals surface area contributed by atoms with Gasteiger partial charge >= 0.3 is 0 Å². The minimum Gasteiger partial charge on any atom is -0.492 e. The van der Waals surface area contributed by atoms with Crippen molar-refractivity contribution in [2.45, 2.75) is 20.1 Å². The number of nitrogens with zero attached hydrogens (tertiary/aromatic N) is 3. The Kier molecular flexibility index (Phi) is 3.72.